The Bertz CT molecular complexity index is 611. The van der Waals surface area contributed by atoms with Gasteiger partial charge in [0.15, 0.2) is 0 Å². The van der Waals surface area contributed by atoms with Crippen molar-refractivity contribution in [3.05, 3.63) is 30.1 Å². The molecule has 1 aliphatic carbocycles. The van der Waals surface area contributed by atoms with Crippen molar-refractivity contribution in [3.8, 4) is 0 Å². The van der Waals surface area contributed by atoms with Crippen LogP contribution in [-0.2, 0) is 18.3 Å². The second-order valence-corrected chi connectivity index (χ2v) is 5.60. The van der Waals surface area contributed by atoms with E-state index in [9.17, 15) is 4.79 Å². The van der Waals surface area contributed by atoms with Crippen LogP contribution in [0.3, 0.4) is 0 Å². The number of aryl methyl sites for hydroxylation is 1. The molecule has 106 valence electrons. The molecule has 0 bridgehead atoms. The summed E-state index contributed by atoms with van der Waals surface area (Å²) in [7, 11) is 2.03. The van der Waals surface area contributed by atoms with Crippen LogP contribution in [0.1, 0.15) is 31.5 Å². The molecule has 1 N–H and O–H groups in total. The standard InChI is InChI=1S/C16H21N3O/c1-19-14-9-5-4-8-13(14)18-15(19)10-11-17-16(20)12-6-2-3-7-12/h4-5,8-9,12H,2-3,6-7,10-11H2,1H3,(H,17,20). The van der Waals surface area contributed by atoms with Gasteiger partial charge in [0.2, 0.25) is 5.91 Å². The summed E-state index contributed by atoms with van der Waals surface area (Å²) < 4.78 is 2.11. The highest BCUT2D eigenvalue weighted by molar-refractivity contribution is 5.79. The highest BCUT2D eigenvalue weighted by Crippen LogP contribution is 2.24. The average molecular weight is 271 g/mol. The van der Waals surface area contributed by atoms with Gasteiger partial charge in [-0.1, -0.05) is 25.0 Å². The minimum atomic E-state index is 0.223. The summed E-state index contributed by atoms with van der Waals surface area (Å²) in [5.74, 6) is 1.50. The Kier molecular flexibility index (Phi) is 3.72. The molecule has 2 aromatic rings. The molecule has 0 aliphatic heterocycles. The van der Waals surface area contributed by atoms with E-state index in [0.717, 1.165) is 36.1 Å². The smallest absolute Gasteiger partial charge is 0.223 e. The molecular weight excluding hydrogens is 250 g/mol. The van der Waals surface area contributed by atoms with Gasteiger partial charge in [-0.15, -0.1) is 0 Å². The number of para-hydroxylation sites is 2. The molecule has 0 radical (unpaired) electrons. The summed E-state index contributed by atoms with van der Waals surface area (Å²) in [5.41, 5.74) is 2.16. The van der Waals surface area contributed by atoms with Crippen molar-refractivity contribution in [2.45, 2.75) is 32.1 Å². The lowest BCUT2D eigenvalue weighted by Crippen LogP contribution is -2.31. The van der Waals surface area contributed by atoms with E-state index in [2.05, 4.69) is 20.9 Å². The molecule has 1 aromatic heterocycles. The normalized spacial score (nSPS) is 15.8. The van der Waals surface area contributed by atoms with Gasteiger partial charge in [-0.25, -0.2) is 4.98 Å². The fraction of sp³-hybridized carbons (Fsp3) is 0.500. The quantitative estimate of drug-likeness (QED) is 0.928. The van der Waals surface area contributed by atoms with Crippen molar-refractivity contribution >= 4 is 16.9 Å². The highest BCUT2D eigenvalue weighted by Gasteiger charge is 2.22. The largest absolute Gasteiger partial charge is 0.355 e. The van der Waals surface area contributed by atoms with Crippen molar-refractivity contribution in [1.82, 2.24) is 14.9 Å². The summed E-state index contributed by atoms with van der Waals surface area (Å²) in [6.07, 6.45) is 5.28. The third-order valence-corrected chi connectivity index (χ3v) is 4.25. The van der Waals surface area contributed by atoms with E-state index in [1.54, 1.807) is 0 Å². The van der Waals surface area contributed by atoms with Crippen molar-refractivity contribution in [2.24, 2.45) is 13.0 Å². The molecule has 1 heterocycles. The minimum Gasteiger partial charge on any atom is -0.355 e. The van der Waals surface area contributed by atoms with Crippen LogP contribution in [0.25, 0.3) is 11.0 Å². The first kappa shape index (κ1) is 13.2. The number of nitrogens with zero attached hydrogens (tertiary/aromatic N) is 2. The zero-order valence-corrected chi connectivity index (χ0v) is 11.9. The van der Waals surface area contributed by atoms with Gasteiger partial charge in [-0.2, -0.15) is 0 Å². The number of amides is 1. The first-order valence-corrected chi connectivity index (χ1v) is 7.44. The number of carbonyl (C=O) groups is 1. The van der Waals surface area contributed by atoms with Gasteiger partial charge in [0.25, 0.3) is 0 Å². The number of aromatic nitrogens is 2. The lowest BCUT2D eigenvalue weighted by atomic mass is 10.1. The first-order valence-electron chi connectivity index (χ1n) is 7.44. The van der Waals surface area contributed by atoms with Crippen molar-refractivity contribution < 1.29 is 4.79 Å². The second kappa shape index (κ2) is 5.65. The van der Waals surface area contributed by atoms with Crippen molar-refractivity contribution in [1.29, 1.82) is 0 Å². The van der Waals surface area contributed by atoms with Crippen LogP contribution in [-0.4, -0.2) is 22.0 Å². The van der Waals surface area contributed by atoms with Gasteiger partial charge in [0, 0.05) is 25.9 Å². The van der Waals surface area contributed by atoms with E-state index in [-0.39, 0.29) is 11.8 Å². The van der Waals surface area contributed by atoms with Gasteiger partial charge in [-0.3, -0.25) is 4.79 Å². The molecule has 3 rings (SSSR count). The predicted octanol–water partition coefficient (Wildman–Crippen LogP) is 2.42. The maximum atomic E-state index is 12.0. The van der Waals surface area contributed by atoms with Crippen molar-refractivity contribution in [3.63, 3.8) is 0 Å². The number of benzene rings is 1. The lowest BCUT2D eigenvalue weighted by molar-refractivity contribution is -0.124. The molecule has 1 aliphatic rings. The Morgan fingerprint density at radius 1 is 1.35 bits per heavy atom. The van der Waals surface area contributed by atoms with E-state index in [0.29, 0.717) is 6.54 Å². The van der Waals surface area contributed by atoms with Gasteiger partial charge in [-0.05, 0) is 25.0 Å². The molecule has 1 fully saturated rings. The summed E-state index contributed by atoms with van der Waals surface area (Å²) >= 11 is 0. The predicted molar refractivity (Wildman–Crippen MR) is 79.4 cm³/mol. The molecule has 4 nitrogen and oxygen atoms in total. The third-order valence-electron chi connectivity index (χ3n) is 4.25. The van der Waals surface area contributed by atoms with Crippen LogP contribution >= 0.6 is 0 Å². The van der Waals surface area contributed by atoms with Crippen LogP contribution in [0.5, 0.6) is 0 Å². The summed E-state index contributed by atoms with van der Waals surface area (Å²) in [6.45, 7) is 0.673. The molecule has 0 unspecified atom stereocenters. The monoisotopic (exact) mass is 271 g/mol. The Balaban J connectivity index is 1.59. The Hall–Kier alpha value is -1.84. The molecule has 0 spiro atoms. The molecule has 0 atom stereocenters. The topological polar surface area (TPSA) is 46.9 Å². The van der Waals surface area contributed by atoms with Gasteiger partial charge in [0.1, 0.15) is 5.82 Å². The number of rotatable bonds is 4. The summed E-state index contributed by atoms with van der Waals surface area (Å²) in [6, 6.07) is 8.12. The fourth-order valence-electron chi connectivity index (χ4n) is 3.05. The highest BCUT2D eigenvalue weighted by atomic mass is 16.1. The number of fused-ring (bicyclic) bond motifs is 1. The maximum absolute atomic E-state index is 12.0. The second-order valence-electron chi connectivity index (χ2n) is 5.60. The molecule has 1 amide bonds. The summed E-state index contributed by atoms with van der Waals surface area (Å²) in [5, 5.41) is 3.05. The van der Waals surface area contributed by atoms with Crippen LogP contribution in [0.2, 0.25) is 0 Å². The Morgan fingerprint density at radius 3 is 2.85 bits per heavy atom. The lowest BCUT2D eigenvalue weighted by Gasteiger charge is -2.10. The number of carbonyl (C=O) groups excluding carboxylic acids is 1. The van der Waals surface area contributed by atoms with Gasteiger partial charge >= 0.3 is 0 Å². The van der Waals surface area contributed by atoms with E-state index >= 15 is 0 Å². The van der Waals surface area contributed by atoms with E-state index in [1.165, 1.54) is 12.8 Å². The zero-order valence-electron chi connectivity index (χ0n) is 11.9. The molecule has 4 heteroatoms. The summed E-state index contributed by atoms with van der Waals surface area (Å²) in [4.78, 5) is 16.6. The molecule has 1 aromatic carbocycles. The minimum absolute atomic E-state index is 0.223. The van der Waals surface area contributed by atoms with Crippen molar-refractivity contribution in [2.75, 3.05) is 6.54 Å². The SMILES string of the molecule is Cn1c(CCNC(=O)C2CCCC2)nc2ccccc21. The van der Waals surface area contributed by atoms with Gasteiger partial charge < -0.3 is 9.88 Å². The number of imidazole rings is 1. The van der Waals surface area contributed by atoms with Crippen LogP contribution in [0, 0.1) is 5.92 Å². The number of nitrogens with one attached hydrogen (secondary N) is 1. The third kappa shape index (κ3) is 2.55. The zero-order chi connectivity index (χ0) is 13.9. The van der Waals surface area contributed by atoms with E-state index in [1.807, 2.05) is 25.2 Å². The number of hydrogen-bond donors (Lipinski definition) is 1. The molecule has 1 saturated carbocycles. The fourth-order valence-corrected chi connectivity index (χ4v) is 3.05. The van der Waals surface area contributed by atoms with Crippen LogP contribution < -0.4 is 5.32 Å². The molecule has 0 saturated heterocycles. The maximum Gasteiger partial charge on any atom is 0.223 e. The van der Waals surface area contributed by atoms with Crippen LogP contribution in [0.4, 0.5) is 0 Å². The Labute approximate surface area is 119 Å². The van der Waals surface area contributed by atoms with E-state index in [4.69, 9.17) is 0 Å². The average Bonchev–Trinajstić information content (AvgIpc) is 3.09. The first-order chi connectivity index (χ1) is 9.75. The number of hydrogen-bond acceptors (Lipinski definition) is 2. The van der Waals surface area contributed by atoms with Gasteiger partial charge in [0.05, 0.1) is 11.0 Å². The van der Waals surface area contributed by atoms with E-state index < -0.39 is 0 Å². The molecule has 20 heavy (non-hydrogen) atoms. The molecular formula is C16H21N3O. The van der Waals surface area contributed by atoms with Crippen LogP contribution in [0.15, 0.2) is 24.3 Å². The Morgan fingerprint density at radius 2 is 2.10 bits per heavy atom.